The predicted molar refractivity (Wildman–Crippen MR) is 112 cm³/mol. The minimum Gasteiger partial charge on any atom is -0.333 e. The normalized spacial score (nSPS) is 11.0. The van der Waals surface area contributed by atoms with Gasteiger partial charge in [0, 0.05) is 24.3 Å². The molecule has 0 unspecified atom stereocenters. The number of amides is 1. The number of aryl methyl sites for hydroxylation is 2. The number of carbonyl (C=O) groups is 1. The van der Waals surface area contributed by atoms with Crippen molar-refractivity contribution in [2.45, 2.75) is 11.8 Å². The van der Waals surface area contributed by atoms with Crippen LogP contribution in [0, 0.1) is 6.92 Å². The summed E-state index contributed by atoms with van der Waals surface area (Å²) in [6.07, 6.45) is 3.65. The van der Waals surface area contributed by atoms with Gasteiger partial charge in [0.25, 0.3) is 0 Å². The summed E-state index contributed by atoms with van der Waals surface area (Å²) in [5, 5.41) is 5.89. The van der Waals surface area contributed by atoms with Crippen LogP contribution in [0.2, 0.25) is 0 Å². The van der Waals surface area contributed by atoms with E-state index in [1.807, 2.05) is 42.9 Å². The van der Waals surface area contributed by atoms with E-state index in [0.29, 0.717) is 10.9 Å². The number of hydrogen-bond donors (Lipinski definition) is 1. The first-order valence-corrected chi connectivity index (χ1v) is 10.3. The van der Waals surface area contributed by atoms with Crippen molar-refractivity contribution in [2.24, 2.45) is 7.05 Å². The van der Waals surface area contributed by atoms with E-state index in [-0.39, 0.29) is 5.91 Å². The van der Waals surface area contributed by atoms with Crippen LogP contribution in [0.4, 0.5) is 5.13 Å². The second-order valence-corrected chi connectivity index (χ2v) is 8.19. The highest BCUT2D eigenvalue weighted by atomic mass is 32.2. The van der Waals surface area contributed by atoms with Gasteiger partial charge in [-0.1, -0.05) is 41.7 Å². The number of thioether (sulfide) groups is 1. The molecule has 0 aliphatic carbocycles. The highest BCUT2D eigenvalue weighted by Gasteiger charge is 2.15. The molecule has 1 N–H and O–H groups in total. The summed E-state index contributed by atoms with van der Waals surface area (Å²) < 4.78 is 1.95. The molecule has 2 aromatic carbocycles. The third-order valence-electron chi connectivity index (χ3n) is 4.16. The first kappa shape index (κ1) is 17.8. The number of nitrogens with one attached hydrogen (secondary N) is 1. The third kappa shape index (κ3) is 3.89. The fourth-order valence-electron chi connectivity index (χ4n) is 2.80. The zero-order valence-electron chi connectivity index (χ0n) is 15.0. The molecule has 7 heteroatoms. The van der Waals surface area contributed by atoms with Gasteiger partial charge in [0.1, 0.15) is 0 Å². The third-order valence-corrected chi connectivity index (χ3v) is 6.22. The summed E-state index contributed by atoms with van der Waals surface area (Å²) in [7, 11) is 1.94. The van der Waals surface area contributed by atoms with E-state index < -0.39 is 0 Å². The minimum absolute atomic E-state index is 0.0618. The standard InChI is InChI=1S/C20H18N4OS2/c1-13-18(19-21-9-10-24(19)2)27-20(22-13)23-17(25)12-26-16-8-7-14-5-3-4-6-15(14)11-16/h3-11H,12H2,1-2H3,(H,22,23,25). The Labute approximate surface area is 165 Å². The first-order valence-electron chi connectivity index (χ1n) is 8.47. The highest BCUT2D eigenvalue weighted by Crippen LogP contribution is 2.31. The Morgan fingerprint density at radius 2 is 2.04 bits per heavy atom. The lowest BCUT2D eigenvalue weighted by atomic mass is 10.1. The van der Waals surface area contributed by atoms with Crippen LogP contribution < -0.4 is 5.32 Å². The lowest BCUT2D eigenvalue weighted by Gasteiger charge is -2.04. The van der Waals surface area contributed by atoms with Gasteiger partial charge in [0.15, 0.2) is 11.0 Å². The first-order chi connectivity index (χ1) is 13.1. The minimum atomic E-state index is -0.0618. The van der Waals surface area contributed by atoms with Gasteiger partial charge in [0.2, 0.25) is 5.91 Å². The number of carbonyl (C=O) groups excluding carboxylic acids is 1. The average Bonchev–Trinajstić information content (AvgIpc) is 3.24. The maximum absolute atomic E-state index is 12.3. The quantitative estimate of drug-likeness (QED) is 0.497. The van der Waals surface area contributed by atoms with Gasteiger partial charge in [0.05, 0.1) is 16.3 Å². The van der Waals surface area contributed by atoms with E-state index >= 15 is 0 Å². The molecular formula is C20H18N4OS2. The molecule has 0 saturated carbocycles. The molecule has 0 radical (unpaired) electrons. The van der Waals surface area contributed by atoms with Gasteiger partial charge < -0.3 is 9.88 Å². The van der Waals surface area contributed by atoms with Crippen molar-refractivity contribution < 1.29 is 4.79 Å². The lowest BCUT2D eigenvalue weighted by Crippen LogP contribution is -2.13. The molecule has 4 rings (SSSR count). The van der Waals surface area contributed by atoms with Crippen LogP contribution in [0.3, 0.4) is 0 Å². The Morgan fingerprint density at radius 1 is 1.22 bits per heavy atom. The van der Waals surface area contributed by atoms with Crippen LogP contribution in [0.15, 0.2) is 59.8 Å². The molecule has 2 heterocycles. The summed E-state index contributed by atoms with van der Waals surface area (Å²) in [4.78, 5) is 23.2. The Hall–Kier alpha value is -2.64. The van der Waals surface area contributed by atoms with Gasteiger partial charge in [-0.05, 0) is 29.8 Å². The summed E-state index contributed by atoms with van der Waals surface area (Å²) >= 11 is 2.97. The number of benzene rings is 2. The van der Waals surface area contributed by atoms with Crippen molar-refractivity contribution in [3.63, 3.8) is 0 Å². The average molecular weight is 395 g/mol. The molecule has 5 nitrogen and oxygen atoms in total. The molecule has 0 atom stereocenters. The van der Waals surface area contributed by atoms with Gasteiger partial charge in [-0.15, -0.1) is 11.8 Å². The summed E-state index contributed by atoms with van der Waals surface area (Å²) in [6, 6.07) is 14.5. The molecule has 0 fully saturated rings. The smallest absolute Gasteiger partial charge is 0.236 e. The molecule has 0 saturated heterocycles. The Balaban J connectivity index is 1.41. The second kappa shape index (κ2) is 7.54. The fraction of sp³-hybridized carbons (Fsp3) is 0.150. The van der Waals surface area contributed by atoms with Gasteiger partial charge in [-0.25, -0.2) is 9.97 Å². The topological polar surface area (TPSA) is 59.8 Å². The summed E-state index contributed by atoms with van der Waals surface area (Å²) in [5.74, 6) is 1.14. The van der Waals surface area contributed by atoms with Crippen molar-refractivity contribution in [3.8, 4) is 10.7 Å². The summed E-state index contributed by atoms with van der Waals surface area (Å²) in [5.41, 5.74) is 0.867. The van der Waals surface area contributed by atoms with Gasteiger partial charge >= 0.3 is 0 Å². The summed E-state index contributed by atoms with van der Waals surface area (Å²) in [6.45, 7) is 1.93. The van der Waals surface area contributed by atoms with Crippen LogP contribution in [0.5, 0.6) is 0 Å². The molecule has 0 bridgehead atoms. The predicted octanol–water partition coefficient (Wildman–Crippen LogP) is 4.74. The van der Waals surface area contributed by atoms with Gasteiger partial charge in [-0.2, -0.15) is 0 Å². The largest absolute Gasteiger partial charge is 0.333 e. The fourth-order valence-corrected chi connectivity index (χ4v) is 4.57. The number of thiazole rings is 1. The molecule has 136 valence electrons. The Morgan fingerprint density at radius 3 is 2.81 bits per heavy atom. The van der Waals surface area contributed by atoms with Crippen molar-refractivity contribution in [2.75, 3.05) is 11.1 Å². The molecule has 2 aromatic heterocycles. The molecule has 4 aromatic rings. The molecule has 0 aliphatic heterocycles. The Bertz CT molecular complexity index is 1120. The molecule has 27 heavy (non-hydrogen) atoms. The number of anilines is 1. The van der Waals surface area contributed by atoms with Crippen molar-refractivity contribution in [3.05, 3.63) is 60.6 Å². The number of rotatable bonds is 5. The van der Waals surface area contributed by atoms with Crippen LogP contribution in [0.1, 0.15) is 5.69 Å². The monoisotopic (exact) mass is 394 g/mol. The van der Waals surface area contributed by atoms with Gasteiger partial charge in [-0.3, -0.25) is 4.79 Å². The maximum atomic E-state index is 12.3. The van der Waals surface area contributed by atoms with Crippen molar-refractivity contribution in [1.82, 2.24) is 14.5 Å². The van der Waals surface area contributed by atoms with Crippen LogP contribution in [-0.2, 0) is 11.8 Å². The van der Waals surface area contributed by atoms with Crippen LogP contribution >= 0.6 is 23.1 Å². The van der Waals surface area contributed by atoms with E-state index in [2.05, 4.69) is 39.6 Å². The molecule has 0 spiro atoms. The molecule has 1 amide bonds. The zero-order chi connectivity index (χ0) is 18.8. The lowest BCUT2D eigenvalue weighted by molar-refractivity contribution is -0.113. The van der Waals surface area contributed by atoms with E-state index in [0.717, 1.165) is 21.3 Å². The van der Waals surface area contributed by atoms with E-state index in [4.69, 9.17) is 0 Å². The molecular weight excluding hydrogens is 376 g/mol. The highest BCUT2D eigenvalue weighted by molar-refractivity contribution is 8.00. The molecule has 0 aliphatic rings. The SMILES string of the molecule is Cc1nc(NC(=O)CSc2ccc3ccccc3c2)sc1-c1nccn1C. The van der Waals surface area contributed by atoms with E-state index in [1.165, 1.54) is 33.9 Å². The number of imidazole rings is 1. The maximum Gasteiger partial charge on any atom is 0.236 e. The van der Waals surface area contributed by atoms with Crippen LogP contribution in [-0.4, -0.2) is 26.2 Å². The zero-order valence-corrected chi connectivity index (χ0v) is 16.6. The van der Waals surface area contributed by atoms with Crippen molar-refractivity contribution in [1.29, 1.82) is 0 Å². The Kier molecular flexibility index (Phi) is 4.96. The van der Waals surface area contributed by atoms with Crippen LogP contribution in [0.25, 0.3) is 21.5 Å². The number of nitrogens with zero attached hydrogens (tertiary/aromatic N) is 3. The number of hydrogen-bond acceptors (Lipinski definition) is 5. The second-order valence-electron chi connectivity index (χ2n) is 6.14. The van der Waals surface area contributed by atoms with E-state index in [1.54, 1.807) is 6.20 Å². The van der Waals surface area contributed by atoms with E-state index in [9.17, 15) is 4.79 Å². The number of aromatic nitrogens is 3. The van der Waals surface area contributed by atoms with Crippen molar-refractivity contribution >= 4 is 44.9 Å². The number of fused-ring (bicyclic) bond motifs is 1.